The summed E-state index contributed by atoms with van der Waals surface area (Å²) < 4.78 is 7.21. The van der Waals surface area contributed by atoms with Crippen molar-refractivity contribution >= 4 is 0 Å². The minimum absolute atomic E-state index is 0.461. The van der Waals surface area contributed by atoms with Crippen molar-refractivity contribution in [3.63, 3.8) is 0 Å². The van der Waals surface area contributed by atoms with Gasteiger partial charge in [0, 0.05) is 19.3 Å². The van der Waals surface area contributed by atoms with E-state index in [4.69, 9.17) is 4.52 Å². The standard InChI is InChI=1S/C12H17N5O/c1-9-5-13-17(6-9)11-3-4-16(7-11)8-12-14-10(2)15-18-12/h5-6,11H,3-4,7-8H2,1-2H3. The molecule has 0 saturated carbocycles. The van der Waals surface area contributed by atoms with Gasteiger partial charge in [-0.05, 0) is 25.8 Å². The molecule has 6 nitrogen and oxygen atoms in total. The number of rotatable bonds is 3. The fourth-order valence-corrected chi connectivity index (χ4v) is 2.40. The Morgan fingerprint density at radius 2 is 2.33 bits per heavy atom. The molecule has 1 atom stereocenters. The highest BCUT2D eigenvalue weighted by molar-refractivity contribution is 5.01. The van der Waals surface area contributed by atoms with Gasteiger partial charge in [0.05, 0.1) is 18.8 Å². The van der Waals surface area contributed by atoms with E-state index < -0.39 is 0 Å². The maximum Gasteiger partial charge on any atom is 0.240 e. The third kappa shape index (κ3) is 2.28. The minimum atomic E-state index is 0.461. The third-order valence-electron chi connectivity index (χ3n) is 3.28. The van der Waals surface area contributed by atoms with Crippen molar-refractivity contribution in [3.8, 4) is 0 Å². The summed E-state index contributed by atoms with van der Waals surface area (Å²) in [7, 11) is 0. The van der Waals surface area contributed by atoms with Gasteiger partial charge >= 0.3 is 0 Å². The minimum Gasteiger partial charge on any atom is -0.338 e. The largest absolute Gasteiger partial charge is 0.338 e. The van der Waals surface area contributed by atoms with E-state index in [1.807, 2.05) is 13.1 Å². The average Bonchev–Trinajstić information content (AvgIpc) is 3.01. The Morgan fingerprint density at radius 1 is 1.44 bits per heavy atom. The Hall–Kier alpha value is -1.69. The van der Waals surface area contributed by atoms with Crippen LogP contribution in [0.5, 0.6) is 0 Å². The second kappa shape index (κ2) is 4.53. The fraction of sp³-hybridized carbons (Fsp3) is 0.583. The van der Waals surface area contributed by atoms with Crippen LogP contribution in [0.1, 0.15) is 29.7 Å². The van der Waals surface area contributed by atoms with E-state index in [0.717, 1.165) is 26.1 Å². The molecule has 3 rings (SSSR count). The number of nitrogens with zero attached hydrogens (tertiary/aromatic N) is 5. The predicted molar refractivity (Wildman–Crippen MR) is 64.9 cm³/mol. The first kappa shape index (κ1) is 11.4. The van der Waals surface area contributed by atoms with Crippen LogP contribution < -0.4 is 0 Å². The molecule has 0 amide bonds. The molecule has 0 spiro atoms. The molecule has 1 aliphatic rings. The Labute approximate surface area is 106 Å². The van der Waals surface area contributed by atoms with Crippen LogP contribution in [0.3, 0.4) is 0 Å². The Morgan fingerprint density at radius 3 is 3.00 bits per heavy atom. The van der Waals surface area contributed by atoms with Gasteiger partial charge in [0.1, 0.15) is 0 Å². The molecule has 0 aliphatic carbocycles. The van der Waals surface area contributed by atoms with Crippen molar-refractivity contribution in [2.45, 2.75) is 32.9 Å². The number of hydrogen-bond donors (Lipinski definition) is 0. The van der Waals surface area contributed by atoms with Gasteiger partial charge in [-0.3, -0.25) is 9.58 Å². The highest BCUT2D eigenvalue weighted by atomic mass is 16.5. The quantitative estimate of drug-likeness (QED) is 0.819. The maximum absolute atomic E-state index is 5.15. The molecule has 1 aliphatic heterocycles. The lowest BCUT2D eigenvalue weighted by Gasteiger charge is -2.13. The van der Waals surface area contributed by atoms with Crippen LogP contribution in [0.25, 0.3) is 0 Å². The zero-order valence-electron chi connectivity index (χ0n) is 10.7. The second-order valence-electron chi connectivity index (χ2n) is 4.91. The first-order chi connectivity index (χ1) is 8.70. The summed E-state index contributed by atoms with van der Waals surface area (Å²) in [5.41, 5.74) is 1.21. The van der Waals surface area contributed by atoms with E-state index in [1.54, 1.807) is 0 Å². The van der Waals surface area contributed by atoms with Gasteiger partial charge in [0.2, 0.25) is 5.89 Å². The second-order valence-corrected chi connectivity index (χ2v) is 4.91. The van der Waals surface area contributed by atoms with Crippen LogP contribution in [0.2, 0.25) is 0 Å². The fourth-order valence-electron chi connectivity index (χ4n) is 2.40. The van der Waals surface area contributed by atoms with Gasteiger partial charge in [-0.2, -0.15) is 10.1 Å². The molecular weight excluding hydrogens is 230 g/mol. The first-order valence-electron chi connectivity index (χ1n) is 6.23. The summed E-state index contributed by atoms with van der Waals surface area (Å²) in [5, 5.41) is 8.19. The van der Waals surface area contributed by atoms with E-state index >= 15 is 0 Å². The zero-order chi connectivity index (χ0) is 12.5. The smallest absolute Gasteiger partial charge is 0.240 e. The van der Waals surface area contributed by atoms with Gasteiger partial charge in [0.25, 0.3) is 0 Å². The van der Waals surface area contributed by atoms with Crippen LogP contribution in [0, 0.1) is 13.8 Å². The van der Waals surface area contributed by atoms with Gasteiger partial charge in [-0.15, -0.1) is 0 Å². The third-order valence-corrected chi connectivity index (χ3v) is 3.28. The monoisotopic (exact) mass is 247 g/mol. The van der Waals surface area contributed by atoms with Crippen molar-refractivity contribution < 1.29 is 4.52 Å². The molecule has 1 unspecified atom stereocenters. The maximum atomic E-state index is 5.15. The van der Waals surface area contributed by atoms with Crippen molar-refractivity contribution in [2.24, 2.45) is 0 Å². The number of aromatic nitrogens is 4. The van der Waals surface area contributed by atoms with Gasteiger partial charge in [-0.1, -0.05) is 5.16 Å². The molecule has 2 aromatic rings. The van der Waals surface area contributed by atoms with Crippen molar-refractivity contribution in [2.75, 3.05) is 13.1 Å². The summed E-state index contributed by atoms with van der Waals surface area (Å²) in [6.45, 7) is 6.68. The Bertz CT molecular complexity index is 532. The zero-order valence-corrected chi connectivity index (χ0v) is 10.7. The van der Waals surface area contributed by atoms with E-state index in [-0.39, 0.29) is 0 Å². The number of likely N-dealkylation sites (tertiary alicyclic amines) is 1. The van der Waals surface area contributed by atoms with Crippen molar-refractivity contribution in [3.05, 3.63) is 29.7 Å². The highest BCUT2D eigenvalue weighted by Crippen LogP contribution is 2.22. The van der Waals surface area contributed by atoms with Gasteiger partial charge in [-0.25, -0.2) is 0 Å². The van der Waals surface area contributed by atoms with Crippen LogP contribution in [-0.4, -0.2) is 37.9 Å². The molecule has 0 radical (unpaired) electrons. The van der Waals surface area contributed by atoms with E-state index in [2.05, 4.69) is 37.9 Å². The molecule has 6 heteroatoms. The lowest BCUT2D eigenvalue weighted by Crippen LogP contribution is -2.21. The summed E-state index contributed by atoms with van der Waals surface area (Å²) >= 11 is 0. The first-order valence-corrected chi connectivity index (χ1v) is 6.23. The molecule has 1 fully saturated rings. The molecule has 96 valence electrons. The number of hydrogen-bond acceptors (Lipinski definition) is 5. The lowest BCUT2D eigenvalue weighted by atomic mass is 10.3. The van der Waals surface area contributed by atoms with Crippen LogP contribution >= 0.6 is 0 Å². The van der Waals surface area contributed by atoms with Crippen LogP contribution in [-0.2, 0) is 6.54 Å². The summed E-state index contributed by atoms with van der Waals surface area (Å²) in [6, 6.07) is 0.461. The Balaban J connectivity index is 1.61. The molecule has 3 heterocycles. The lowest BCUT2D eigenvalue weighted by molar-refractivity contribution is 0.258. The number of aryl methyl sites for hydroxylation is 2. The average molecular weight is 247 g/mol. The molecule has 18 heavy (non-hydrogen) atoms. The molecule has 0 bridgehead atoms. The van der Waals surface area contributed by atoms with E-state index in [1.165, 1.54) is 5.56 Å². The molecule has 0 aromatic carbocycles. The van der Waals surface area contributed by atoms with Gasteiger partial charge in [0.15, 0.2) is 5.82 Å². The molecular formula is C12H17N5O. The van der Waals surface area contributed by atoms with E-state index in [0.29, 0.717) is 17.8 Å². The molecule has 1 saturated heterocycles. The topological polar surface area (TPSA) is 60.0 Å². The van der Waals surface area contributed by atoms with Crippen LogP contribution in [0.4, 0.5) is 0 Å². The van der Waals surface area contributed by atoms with Gasteiger partial charge < -0.3 is 4.52 Å². The van der Waals surface area contributed by atoms with E-state index in [9.17, 15) is 0 Å². The molecule has 2 aromatic heterocycles. The summed E-state index contributed by atoms with van der Waals surface area (Å²) in [5.74, 6) is 1.40. The normalized spacial score (nSPS) is 20.7. The Kier molecular flexibility index (Phi) is 2.87. The predicted octanol–water partition coefficient (Wildman–Crippen LogP) is 1.33. The highest BCUT2D eigenvalue weighted by Gasteiger charge is 2.25. The van der Waals surface area contributed by atoms with Crippen LogP contribution in [0.15, 0.2) is 16.9 Å². The van der Waals surface area contributed by atoms with Crippen molar-refractivity contribution in [1.29, 1.82) is 0 Å². The molecule has 0 N–H and O–H groups in total. The summed E-state index contributed by atoms with van der Waals surface area (Å²) in [4.78, 5) is 6.56. The van der Waals surface area contributed by atoms with Crippen molar-refractivity contribution in [1.82, 2.24) is 24.8 Å². The SMILES string of the molecule is Cc1cnn(C2CCN(Cc3nc(C)no3)C2)c1. The summed E-state index contributed by atoms with van der Waals surface area (Å²) in [6.07, 6.45) is 5.13.